The number of para-hydroxylation sites is 1. The van der Waals surface area contributed by atoms with Gasteiger partial charge >= 0.3 is 0 Å². The highest BCUT2D eigenvalue weighted by Gasteiger charge is 2.19. The summed E-state index contributed by atoms with van der Waals surface area (Å²) >= 11 is 6.78. The first-order valence-corrected chi connectivity index (χ1v) is 7.45. The lowest BCUT2D eigenvalue weighted by Crippen LogP contribution is -1.96. The van der Waals surface area contributed by atoms with Crippen molar-refractivity contribution in [2.75, 3.05) is 0 Å². The van der Waals surface area contributed by atoms with E-state index in [1.54, 1.807) is 18.2 Å². The summed E-state index contributed by atoms with van der Waals surface area (Å²) < 4.78 is 0.683. The molecule has 0 fully saturated rings. The summed E-state index contributed by atoms with van der Waals surface area (Å²) in [5.74, 6) is 0. The number of aryl methyl sites for hydroxylation is 1. The molecule has 0 atom stereocenters. The van der Waals surface area contributed by atoms with Gasteiger partial charge in [-0.05, 0) is 50.4 Å². The number of nitrogens with zero attached hydrogens (tertiary/aromatic N) is 1. The lowest BCUT2D eigenvalue weighted by atomic mass is 9.97. The summed E-state index contributed by atoms with van der Waals surface area (Å²) in [5, 5.41) is 11.2. The van der Waals surface area contributed by atoms with Crippen LogP contribution in [0.15, 0.2) is 51.9 Å². The van der Waals surface area contributed by atoms with Gasteiger partial charge in [-0.2, -0.15) is 0 Å². The monoisotopic (exact) mass is 395 g/mol. The average Bonchev–Trinajstić information content (AvgIpc) is 2.41. The smallest absolute Gasteiger partial charge is 0.258 e. The van der Waals surface area contributed by atoms with Crippen LogP contribution in [-0.4, -0.2) is 4.92 Å². The van der Waals surface area contributed by atoms with Gasteiger partial charge in [-0.15, -0.1) is 0 Å². The van der Waals surface area contributed by atoms with Gasteiger partial charge in [-0.3, -0.25) is 10.1 Å². The molecule has 0 aliphatic carbocycles. The molecule has 102 valence electrons. The molecule has 0 spiro atoms. The zero-order valence-corrected chi connectivity index (χ0v) is 13.8. The van der Waals surface area contributed by atoms with Crippen LogP contribution in [0.5, 0.6) is 0 Å². The molecular weight excluding hydrogens is 386 g/mol. The zero-order chi connectivity index (χ0) is 14.7. The van der Waals surface area contributed by atoms with E-state index in [4.69, 9.17) is 0 Å². The second-order valence-electron chi connectivity index (χ2n) is 4.28. The summed E-state index contributed by atoms with van der Waals surface area (Å²) in [7, 11) is 0. The molecule has 0 heterocycles. The van der Waals surface area contributed by atoms with E-state index in [1.807, 2.05) is 31.2 Å². The Labute approximate surface area is 133 Å². The fourth-order valence-electron chi connectivity index (χ4n) is 1.93. The molecule has 5 heteroatoms. The van der Waals surface area contributed by atoms with Crippen molar-refractivity contribution in [3.8, 4) is 0 Å². The summed E-state index contributed by atoms with van der Waals surface area (Å²) in [4.78, 5) is 10.8. The average molecular weight is 397 g/mol. The molecule has 0 saturated heterocycles. The molecule has 3 nitrogen and oxygen atoms in total. The Balaban J connectivity index is 2.65. The molecular formula is C15H11Br2NO2. The molecule has 2 aromatic rings. The molecule has 0 aliphatic rings. The number of rotatable bonds is 3. The fraction of sp³-hybridized carbons (Fsp3) is 0.0667. The Kier molecular flexibility index (Phi) is 4.73. The summed E-state index contributed by atoms with van der Waals surface area (Å²) in [6, 6.07) is 14.6. The van der Waals surface area contributed by atoms with E-state index in [1.165, 1.54) is 6.07 Å². The van der Waals surface area contributed by atoms with Crippen molar-refractivity contribution in [2.24, 2.45) is 0 Å². The molecule has 2 rings (SSSR count). The molecule has 0 saturated carbocycles. The number of halogens is 2. The maximum atomic E-state index is 11.2. The van der Waals surface area contributed by atoms with Crippen molar-refractivity contribution in [3.05, 3.63) is 78.7 Å². The van der Waals surface area contributed by atoms with Gasteiger partial charge in [0.2, 0.25) is 0 Å². The first kappa shape index (κ1) is 14.9. The quantitative estimate of drug-likeness (QED) is 0.514. The third-order valence-electron chi connectivity index (χ3n) is 2.90. The van der Waals surface area contributed by atoms with Gasteiger partial charge in [0, 0.05) is 11.6 Å². The van der Waals surface area contributed by atoms with Gasteiger partial charge in [0.15, 0.2) is 0 Å². The second-order valence-corrected chi connectivity index (χ2v) is 6.93. The van der Waals surface area contributed by atoms with Crippen molar-refractivity contribution < 1.29 is 4.92 Å². The highest BCUT2D eigenvalue weighted by molar-refractivity contribution is 9.28. The van der Waals surface area contributed by atoms with Crippen LogP contribution >= 0.6 is 31.9 Å². The van der Waals surface area contributed by atoms with Crippen LogP contribution in [0.1, 0.15) is 16.7 Å². The number of hydrogen-bond donors (Lipinski definition) is 0. The number of nitro groups is 1. The van der Waals surface area contributed by atoms with Gasteiger partial charge in [0.05, 0.1) is 13.9 Å². The highest BCUT2D eigenvalue weighted by atomic mass is 79.9. The zero-order valence-electron chi connectivity index (χ0n) is 10.6. The van der Waals surface area contributed by atoms with Crippen LogP contribution in [0.2, 0.25) is 0 Å². The van der Waals surface area contributed by atoms with E-state index in [0.717, 1.165) is 16.7 Å². The number of nitro benzene ring substituents is 1. The van der Waals surface area contributed by atoms with Crippen molar-refractivity contribution in [1.29, 1.82) is 0 Å². The van der Waals surface area contributed by atoms with Crippen LogP contribution in [0.4, 0.5) is 5.69 Å². The Morgan fingerprint density at radius 1 is 1.05 bits per heavy atom. The van der Waals surface area contributed by atoms with Gasteiger partial charge in [-0.1, -0.05) is 42.0 Å². The van der Waals surface area contributed by atoms with Gasteiger partial charge < -0.3 is 0 Å². The predicted octanol–water partition coefficient (Wildman–Crippen LogP) is 5.41. The van der Waals surface area contributed by atoms with Crippen LogP contribution in [0.25, 0.3) is 5.57 Å². The maximum absolute atomic E-state index is 11.2. The van der Waals surface area contributed by atoms with E-state index >= 15 is 0 Å². The number of hydrogen-bond acceptors (Lipinski definition) is 2. The molecule has 0 aliphatic heterocycles. The van der Waals surface area contributed by atoms with Crippen molar-refractivity contribution in [3.63, 3.8) is 0 Å². The normalized spacial score (nSPS) is 10.2. The highest BCUT2D eigenvalue weighted by Crippen LogP contribution is 2.37. The van der Waals surface area contributed by atoms with E-state index in [9.17, 15) is 10.1 Å². The minimum atomic E-state index is -0.369. The summed E-state index contributed by atoms with van der Waals surface area (Å²) in [6.45, 7) is 2.00. The van der Waals surface area contributed by atoms with Gasteiger partial charge in [0.1, 0.15) is 0 Å². The van der Waals surface area contributed by atoms with Gasteiger partial charge in [0.25, 0.3) is 5.69 Å². The summed E-state index contributed by atoms with van der Waals surface area (Å²) in [6.07, 6.45) is 0. The second kappa shape index (κ2) is 6.33. The molecule has 0 unspecified atom stereocenters. The fourth-order valence-corrected chi connectivity index (χ4v) is 2.82. The Morgan fingerprint density at radius 2 is 1.65 bits per heavy atom. The van der Waals surface area contributed by atoms with Crippen molar-refractivity contribution >= 4 is 43.1 Å². The molecule has 0 amide bonds. The molecule has 0 N–H and O–H groups in total. The van der Waals surface area contributed by atoms with Crippen LogP contribution in [-0.2, 0) is 0 Å². The third-order valence-corrected chi connectivity index (χ3v) is 3.69. The van der Waals surface area contributed by atoms with E-state index in [-0.39, 0.29) is 10.6 Å². The van der Waals surface area contributed by atoms with Crippen molar-refractivity contribution in [2.45, 2.75) is 6.92 Å². The minimum Gasteiger partial charge on any atom is -0.258 e. The largest absolute Gasteiger partial charge is 0.277 e. The third kappa shape index (κ3) is 3.16. The molecule has 0 radical (unpaired) electrons. The van der Waals surface area contributed by atoms with E-state index in [0.29, 0.717) is 8.96 Å². The first-order chi connectivity index (χ1) is 9.50. The van der Waals surface area contributed by atoms with Crippen LogP contribution in [0.3, 0.4) is 0 Å². The lowest BCUT2D eigenvalue weighted by Gasteiger charge is -2.10. The van der Waals surface area contributed by atoms with Crippen molar-refractivity contribution in [1.82, 2.24) is 0 Å². The predicted molar refractivity (Wildman–Crippen MR) is 88.2 cm³/mol. The Bertz CT molecular complexity index is 675. The van der Waals surface area contributed by atoms with Crippen LogP contribution < -0.4 is 0 Å². The number of benzene rings is 2. The molecule has 20 heavy (non-hydrogen) atoms. The Hall–Kier alpha value is -1.46. The molecule has 0 aromatic heterocycles. The molecule has 0 bridgehead atoms. The minimum absolute atomic E-state index is 0.0828. The SMILES string of the molecule is Cc1ccc(C(=C(Br)Br)c2ccccc2[N+](=O)[O-])cc1. The first-order valence-electron chi connectivity index (χ1n) is 5.87. The standard InChI is InChI=1S/C15H11Br2NO2/c1-10-6-8-11(9-7-10)14(15(16)17)12-4-2-3-5-13(12)18(19)20/h2-9H,1H3. The van der Waals surface area contributed by atoms with E-state index in [2.05, 4.69) is 31.9 Å². The lowest BCUT2D eigenvalue weighted by molar-refractivity contribution is -0.385. The van der Waals surface area contributed by atoms with Gasteiger partial charge in [-0.25, -0.2) is 0 Å². The maximum Gasteiger partial charge on any atom is 0.277 e. The van der Waals surface area contributed by atoms with E-state index < -0.39 is 0 Å². The topological polar surface area (TPSA) is 43.1 Å². The Morgan fingerprint density at radius 3 is 2.20 bits per heavy atom. The summed E-state index contributed by atoms with van der Waals surface area (Å²) in [5.41, 5.74) is 3.47. The molecule has 2 aromatic carbocycles. The van der Waals surface area contributed by atoms with Crippen LogP contribution in [0, 0.1) is 17.0 Å².